The van der Waals surface area contributed by atoms with Gasteiger partial charge >= 0.3 is 0 Å². The lowest BCUT2D eigenvalue weighted by atomic mass is 10.2. The van der Waals surface area contributed by atoms with Crippen LogP contribution in [0, 0.1) is 6.92 Å². The van der Waals surface area contributed by atoms with Gasteiger partial charge in [0.15, 0.2) is 0 Å². The average Bonchev–Trinajstić information content (AvgIpc) is 2.59. The second-order valence-electron chi connectivity index (χ2n) is 5.38. The van der Waals surface area contributed by atoms with E-state index in [2.05, 4.69) is 10.6 Å². The van der Waals surface area contributed by atoms with Gasteiger partial charge in [-0.1, -0.05) is 29.8 Å². The number of carbonyl (C=O) groups excluding carboxylic acids is 2. The highest BCUT2D eigenvalue weighted by molar-refractivity contribution is 8.00. The van der Waals surface area contributed by atoms with Gasteiger partial charge in [-0.15, -0.1) is 11.8 Å². The first-order chi connectivity index (χ1) is 12.1. The second kappa shape index (κ2) is 9.74. The predicted octanol–water partition coefficient (Wildman–Crippen LogP) is 3.70. The van der Waals surface area contributed by atoms with Gasteiger partial charge < -0.3 is 15.4 Å². The summed E-state index contributed by atoms with van der Waals surface area (Å²) in [5.74, 6) is 0.757. The minimum Gasteiger partial charge on any atom is -0.492 e. The Morgan fingerprint density at radius 3 is 2.28 bits per heavy atom. The van der Waals surface area contributed by atoms with Crippen LogP contribution in [0.4, 0.5) is 11.4 Å². The number of nitrogens with one attached hydrogen (secondary N) is 2. The van der Waals surface area contributed by atoms with E-state index in [9.17, 15) is 9.59 Å². The summed E-state index contributed by atoms with van der Waals surface area (Å²) >= 11 is 1.27. The summed E-state index contributed by atoms with van der Waals surface area (Å²) in [6, 6.07) is 14.9. The Labute approximate surface area is 152 Å². The van der Waals surface area contributed by atoms with Crippen molar-refractivity contribution in [2.75, 3.05) is 28.7 Å². The molecule has 0 heterocycles. The summed E-state index contributed by atoms with van der Waals surface area (Å²) < 4.78 is 5.47. The van der Waals surface area contributed by atoms with Crippen LogP contribution in [0.1, 0.15) is 12.5 Å². The van der Waals surface area contributed by atoms with Crippen molar-refractivity contribution in [1.29, 1.82) is 0 Å². The molecule has 2 N–H and O–H groups in total. The molecule has 0 saturated heterocycles. The molecule has 0 unspecified atom stereocenters. The van der Waals surface area contributed by atoms with Crippen molar-refractivity contribution < 1.29 is 14.3 Å². The molecule has 6 heteroatoms. The molecule has 25 heavy (non-hydrogen) atoms. The summed E-state index contributed by atoms with van der Waals surface area (Å²) in [5.41, 5.74) is 2.53. The first kappa shape index (κ1) is 18.9. The maximum atomic E-state index is 12.0. The highest BCUT2D eigenvalue weighted by atomic mass is 32.2. The number of aryl methyl sites for hydroxylation is 1. The van der Waals surface area contributed by atoms with E-state index in [0.29, 0.717) is 18.0 Å². The number of benzene rings is 2. The van der Waals surface area contributed by atoms with Crippen LogP contribution in [0.25, 0.3) is 0 Å². The number of amides is 2. The molecule has 132 valence electrons. The minimum atomic E-state index is -0.166. The number of hydrogen-bond acceptors (Lipinski definition) is 4. The molecule has 0 radical (unpaired) electrons. The largest absolute Gasteiger partial charge is 0.492 e. The fourth-order valence-corrected chi connectivity index (χ4v) is 2.73. The van der Waals surface area contributed by atoms with Crippen molar-refractivity contribution >= 4 is 35.0 Å². The lowest BCUT2D eigenvalue weighted by molar-refractivity contribution is -0.114. The van der Waals surface area contributed by atoms with Crippen molar-refractivity contribution in [2.24, 2.45) is 0 Å². The summed E-state index contributed by atoms with van der Waals surface area (Å²) in [6.07, 6.45) is 0. The third kappa shape index (κ3) is 6.51. The van der Waals surface area contributed by atoms with Crippen molar-refractivity contribution in [2.45, 2.75) is 13.8 Å². The molecular formula is C19H22N2O3S. The van der Waals surface area contributed by atoms with Crippen LogP contribution < -0.4 is 15.4 Å². The predicted molar refractivity (Wildman–Crippen MR) is 103 cm³/mol. The van der Waals surface area contributed by atoms with Gasteiger partial charge in [-0.25, -0.2) is 0 Å². The molecule has 2 aromatic rings. The van der Waals surface area contributed by atoms with E-state index in [4.69, 9.17) is 4.74 Å². The molecule has 0 atom stereocenters. The third-order valence-corrected chi connectivity index (χ3v) is 4.20. The highest BCUT2D eigenvalue weighted by Crippen LogP contribution is 2.23. The molecular weight excluding hydrogens is 336 g/mol. The van der Waals surface area contributed by atoms with Crippen molar-refractivity contribution in [3.8, 4) is 5.75 Å². The topological polar surface area (TPSA) is 67.4 Å². The first-order valence-corrected chi connectivity index (χ1v) is 9.20. The Morgan fingerprint density at radius 1 is 0.960 bits per heavy atom. The SMILES string of the molecule is CCOc1ccccc1NC(=O)CSCC(=O)Nc1ccc(C)cc1. The maximum Gasteiger partial charge on any atom is 0.234 e. The average molecular weight is 358 g/mol. The van der Waals surface area contributed by atoms with Gasteiger partial charge in [-0.3, -0.25) is 9.59 Å². The van der Waals surface area contributed by atoms with E-state index < -0.39 is 0 Å². The number of ether oxygens (including phenoxy) is 1. The molecule has 2 rings (SSSR count). The van der Waals surface area contributed by atoms with Gasteiger partial charge in [0.1, 0.15) is 5.75 Å². The normalized spacial score (nSPS) is 10.2. The van der Waals surface area contributed by atoms with Crippen LogP contribution >= 0.6 is 11.8 Å². The van der Waals surface area contributed by atoms with E-state index in [1.54, 1.807) is 12.1 Å². The molecule has 0 fully saturated rings. The van der Waals surface area contributed by atoms with Crippen LogP contribution in [0.3, 0.4) is 0 Å². The van der Waals surface area contributed by atoms with Gasteiger partial charge in [0.25, 0.3) is 0 Å². The quantitative estimate of drug-likeness (QED) is 0.755. The Kier molecular flexibility index (Phi) is 7.35. The van der Waals surface area contributed by atoms with Crippen molar-refractivity contribution in [1.82, 2.24) is 0 Å². The third-order valence-electron chi connectivity index (χ3n) is 3.26. The lowest BCUT2D eigenvalue weighted by Gasteiger charge is -2.11. The Bertz CT molecular complexity index is 717. The molecule has 2 aromatic carbocycles. The van der Waals surface area contributed by atoms with Crippen LogP contribution in [-0.4, -0.2) is 29.9 Å². The fourth-order valence-electron chi connectivity index (χ4n) is 2.11. The van der Waals surface area contributed by atoms with Gasteiger partial charge in [0.2, 0.25) is 11.8 Å². The number of para-hydroxylation sites is 2. The van der Waals surface area contributed by atoms with E-state index in [1.165, 1.54) is 11.8 Å². The van der Waals surface area contributed by atoms with E-state index in [1.807, 2.05) is 50.2 Å². The number of anilines is 2. The molecule has 0 aliphatic rings. The maximum absolute atomic E-state index is 12.0. The van der Waals surface area contributed by atoms with Gasteiger partial charge in [-0.05, 0) is 38.1 Å². The lowest BCUT2D eigenvalue weighted by Crippen LogP contribution is -2.18. The van der Waals surface area contributed by atoms with Crippen LogP contribution in [0.15, 0.2) is 48.5 Å². The van der Waals surface area contributed by atoms with Crippen molar-refractivity contribution in [3.05, 3.63) is 54.1 Å². The molecule has 0 aliphatic carbocycles. The summed E-state index contributed by atoms with van der Waals surface area (Å²) in [4.78, 5) is 23.9. The Balaban J connectivity index is 1.75. The Hall–Kier alpha value is -2.47. The molecule has 0 aromatic heterocycles. The molecule has 0 aliphatic heterocycles. The zero-order chi connectivity index (χ0) is 18.1. The molecule has 0 saturated carbocycles. The van der Waals surface area contributed by atoms with Gasteiger partial charge in [-0.2, -0.15) is 0 Å². The van der Waals surface area contributed by atoms with Crippen LogP contribution in [-0.2, 0) is 9.59 Å². The minimum absolute atomic E-state index is 0.128. The second-order valence-corrected chi connectivity index (χ2v) is 6.37. The van der Waals surface area contributed by atoms with E-state index in [-0.39, 0.29) is 23.3 Å². The molecule has 5 nitrogen and oxygen atoms in total. The smallest absolute Gasteiger partial charge is 0.234 e. The zero-order valence-electron chi connectivity index (χ0n) is 14.4. The molecule has 0 spiro atoms. The molecule has 2 amide bonds. The van der Waals surface area contributed by atoms with Crippen LogP contribution in [0.5, 0.6) is 5.75 Å². The number of rotatable bonds is 8. The number of thioether (sulfide) groups is 1. The van der Waals surface area contributed by atoms with Gasteiger partial charge in [0.05, 0.1) is 23.8 Å². The van der Waals surface area contributed by atoms with Gasteiger partial charge in [0, 0.05) is 5.69 Å². The summed E-state index contributed by atoms with van der Waals surface area (Å²) in [7, 11) is 0. The summed E-state index contributed by atoms with van der Waals surface area (Å²) in [6.45, 7) is 4.41. The zero-order valence-corrected chi connectivity index (χ0v) is 15.2. The molecule has 0 bridgehead atoms. The van der Waals surface area contributed by atoms with Crippen molar-refractivity contribution in [3.63, 3.8) is 0 Å². The highest BCUT2D eigenvalue weighted by Gasteiger charge is 2.09. The first-order valence-electron chi connectivity index (χ1n) is 8.04. The van der Waals surface area contributed by atoms with E-state index in [0.717, 1.165) is 11.3 Å². The number of hydrogen-bond donors (Lipinski definition) is 2. The van der Waals surface area contributed by atoms with E-state index >= 15 is 0 Å². The Morgan fingerprint density at radius 2 is 1.60 bits per heavy atom. The monoisotopic (exact) mass is 358 g/mol. The van der Waals surface area contributed by atoms with Crippen LogP contribution in [0.2, 0.25) is 0 Å². The standard InChI is InChI=1S/C19H22N2O3S/c1-3-24-17-7-5-4-6-16(17)21-19(23)13-25-12-18(22)20-15-10-8-14(2)9-11-15/h4-11H,3,12-13H2,1-2H3,(H,20,22)(H,21,23). The summed E-state index contributed by atoms with van der Waals surface area (Å²) in [5, 5.41) is 5.62. The fraction of sp³-hybridized carbons (Fsp3) is 0.263. The number of carbonyl (C=O) groups is 2.